The maximum atomic E-state index is 12.4. The molecule has 1 aromatic carbocycles. The number of aromatic nitrogens is 2. The van der Waals surface area contributed by atoms with Gasteiger partial charge < -0.3 is 10.1 Å². The number of aryl methyl sites for hydroxylation is 2. The van der Waals surface area contributed by atoms with Gasteiger partial charge in [-0.25, -0.2) is 14.8 Å². The highest BCUT2D eigenvalue weighted by atomic mass is 32.2. The number of thioether (sulfide) groups is 1. The van der Waals surface area contributed by atoms with Crippen molar-refractivity contribution in [3.8, 4) is 0 Å². The number of nitrogens with one attached hydrogen (secondary N) is 1. The van der Waals surface area contributed by atoms with E-state index in [1.807, 2.05) is 0 Å². The molecule has 144 valence electrons. The molecule has 27 heavy (non-hydrogen) atoms. The summed E-state index contributed by atoms with van der Waals surface area (Å²) in [6.45, 7) is 3.42. The van der Waals surface area contributed by atoms with E-state index in [1.165, 1.54) is 7.11 Å². The monoisotopic (exact) mass is 395 g/mol. The Balaban J connectivity index is 1.96. The quantitative estimate of drug-likeness (QED) is 0.437. The van der Waals surface area contributed by atoms with E-state index in [4.69, 9.17) is 0 Å². The predicted molar refractivity (Wildman–Crippen MR) is 98.1 cm³/mol. The van der Waals surface area contributed by atoms with Crippen LogP contribution in [0.1, 0.15) is 33.7 Å². The second-order valence-electron chi connectivity index (χ2n) is 5.65. The van der Waals surface area contributed by atoms with Crippen LogP contribution in [-0.2, 0) is 16.0 Å². The maximum Gasteiger partial charge on any atom is 0.337 e. The average Bonchev–Trinajstić information content (AvgIpc) is 2.60. The summed E-state index contributed by atoms with van der Waals surface area (Å²) in [6.07, 6.45) is 0.578. The van der Waals surface area contributed by atoms with Crippen LogP contribution in [0.15, 0.2) is 29.4 Å². The molecule has 1 amide bonds. The normalized spacial score (nSPS) is 10.7. The number of rotatable bonds is 7. The summed E-state index contributed by atoms with van der Waals surface area (Å²) in [4.78, 5) is 31.7. The molecule has 2 rings (SSSR count). The van der Waals surface area contributed by atoms with Gasteiger partial charge in [0.2, 0.25) is 5.91 Å². The van der Waals surface area contributed by atoms with Crippen LogP contribution in [0.2, 0.25) is 0 Å². The Labute approximate surface area is 159 Å². The number of esters is 1. The lowest BCUT2D eigenvalue weighted by Gasteiger charge is -2.11. The van der Waals surface area contributed by atoms with E-state index >= 15 is 0 Å². The van der Waals surface area contributed by atoms with Crippen LogP contribution >= 0.6 is 11.8 Å². The Morgan fingerprint density at radius 1 is 1.15 bits per heavy atom. The standard InChI is InChI=1S/C18H19F2N3O3S/c1-10-14(11(2)22-18(21-10)27-17(19)20)8-9-15(24)23-13-6-4-12(5-7-13)16(25)26-3/h4-7,17H,8-9H2,1-3H3,(H,23,24). The Morgan fingerprint density at radius 3 is 2.26 bits per heavy atom. The van der Waals surface area contributed by atoms with Gasteiger partial charge in [0.05, 0.1) is 12.7 Å². The highest BCUT2D eigenvalue weighted by molar-refractivity contribution is 7.99. The molecular formula is C18H19F2N3O3S. The fourth-order valence-corrected chi connectivity index (χ4v) is 3.01. The highest BCUT2D eigenvalue weighted by Crippen LogP contribution is 2.24. The molecule has 0 saturated heterocycles. The molecule has 0 spiro atoms. The van der Waals surface area contributed by atoms with Crippen molar-refractivity contribution in [1.29, 1.82) is 0 Å². The lowest BCUT2D eigenvalue weighted by molar-refractivity contribution is -0.116. The predicted octanol–water partition coefficient (Wildman–Crippen LogP) is 3.77. The molecule has 0 atom stereocenters. The number of ether oxygens (including phenoxy) is 1. The Kier molecular flexibility index (Phi) is 7.23. The highest BCUT2D eigenvalue weighted by Gasteiger charge is 2.14. The SMILES string of the molecule is COC(=O)c1ccc(NC(=O)CCc2c(C)nc(SC(F)F)nc2C)cc1. The number of halogens is 2. The number of benzene rings is 1. The average molecular weight is 395 g/mol. The van der Waals surface area contributed by atoms with E-state index in [2.05, 4.69) is 20.0 Å². The van der Waals surface area contributed by atoms with Crippen molar-refractivity contribution in [3.63, 3.8) is 0 Å². The molecule has 0 bridgehead atoms. The number of alkyl halides is 2. The van der Waals surface area contributed by atoms with Crippen LogP contribution in [0.3, 0.4) is 0 Å². The number of hydrogen-bond donors (Lipinski definition) is 1. The number of hydrogen-bond acceptors (Lipinski definition) is 6. The van der Waals surface area contributed by atoms with E-state index in [0.29, 0.717) is 40.8 Å². The molecule has 0 fully saturated rings. The lowest BCUT2D eigenvalue weighted by atomic mass is 10.1. The molecule has 6 nitrogen and oxygen atoms in total. The van der Waals surface area contributed by atoms with Crippen LogP contribution in [0.5, 0.6) is 0 Å². The van der Waals surface area contributed by atoms with Crippen LogP contribution in [0.25, 0.3) is 0 Å². The summed E-state index contributed by atoms with van der Waals surface area (Å²) in [5, 5.41) is 2.76. The molecule has 1 heterocycles. The summed E-state index contributed by atoms with van der Waals surface area (Å²) >= 11 is 0.299. The molecule has 1 N–H and O–H groups in total. The molecule has 0 saturated carbocycles. The third kappa shape index (κ3) is 5.99. The number of methoxy groups -OCH3 is 1. The van der Waals surface area contributed by atoms with Gasteiger partial charge in [-0.15, -0.1) is 0 Å². The minimum atomic E-state index is -2.58. The first-order chi connectivity index (χ1) is 12.8. The van der Waals surface area contributed by atoms with Gasteiger partial charge in [0, 0.05) is 23.5 Å². The first-order valence-electron chi connectivity index (χ1n) is 8.07. The molecule has 0 unspecified atom stereocenters. The largest absolute Gasteiger partial charge is 0.465 e. The fraction of sp³-hybridized carbons (Fsp3) is 0.333. The fourth-order valence-electron chi connectivity index (χ4n) is 2.47. The van der Waals surface area contributed by atoms with Crippen molar-refractivity contribution < 1.29 is 23.1 Å². The Bertz CT molecular complexity index is 806. The van der Waals surface area contributed by atoms with E-state index in [9.17, 15) is 18.4 Å². The van der Waals surface area contributed by atoms with Gasteiger partial charge in [-0.05, 0) is 61.9 Å². The molecule has 1 aromatic heterocycles. The molecule has 0 aliphatic carbocycles. The zero-order valence-corrected chi connectivity index (χ0v) is 15.9. The number of carbonyl (C=O) groups excluding carboxylic acids is 2. The zero-order valence-electron chi connectivity index (χ0n) is 15.1. The molecule has 0 radical (unpaired) electrons. The Morgan fingerprint density at radius 2 is 1.74 bits per heavy atom. The molecule has 9 heteroatoms. The maximum absolute atomic E-state index is 12.4. The van der Waals surface area contributed by atoms with Crippen molar-refractivity contribution in [3.05, 3.63) is 46.8 Å². The second-order valence-corrected chi connectivity index (χ2v) is 6.61. The van der Waals surface area contributed by atoms with Gasteiger partial charge >= 0.3 is 5.97 Å². The topological polar surface area (TPSA) is 81.2 Å². The van der Waals surface area contributed by atoms with Crippen molar-refractivity contribution in [2.24, 2.45) is 0 Å². The molecule has 2 aromatic rings. The van der Waals surface area contributed by atoms with Crippen LogP contribution in [0, 0.1) is 13.8 Å². The second kappa shape index (κ2) is 9.40. The minimum absolute atomic E-state index is 0.0268. The van der Waals surface area contributed by atoms with Gasteiger partial charge in [0.15, 0.2) is 5.16 Å². The van der Waals surface area contributed by atoms with E-state index in [1.54, 1.807) is 38.1 Å². The lowest BCUT2D eigenvalue weighted by Crippen LogP contribution is -2.14. The van der Waals surface area contributed by atoms with Gasteiger partial charge in [0.1, 0.15) is 0 Å². The summed E-state index contributed by atoms with van der Waals surface area (Å²) in [5.74, 6) is -3.25. The van der Waals surface area contributed by atoms with Crippen LogP contribution in [0.4, 0.5) is 14.5 Å². The van der Waals surface area contributed by atoms with E-state index in [0.717, 1.165) is 5.56 Å². The van der Waals surface area contributed by atoms with Gasteiger partial charge in [-0.3, -0.25) is 4.79 Å². The van der Waals surface area contributed by atoms with Gasteiger partial charge in [-0.2, -0.15) is 8.78 Å². The van der Waals surface area contributed by atoms with E-state index in [-0.39, 0.29) is 17.5 Å². The van der Waals surface area contributed by atoms with Gasteiger partial charge in [0.25, 0.3) is 5.76 Å². The summed E-state index contributed by atoms with van der Waals surface area (Å²) in [5.41, 5.74) is 2.88. The number of nitrogens with zero attached hydrogens (tertiary/aromatic N) is 2. The van der Waals surface area contributed by atoms with Crippen LogP contribution in [-0.4, -0.2) is 34.7 Å². The first kappa shape index (κ1) is 20.8. The number of anilines is 1. The summed E-state index contributed by atoms with van der Waals surface area (Å²) < 4.78 is 29.5. The summed E-state index contributed by atoms with van der Waals surface area (Å²) in [7, 11) is 1.30. The van der Waals surface area contributed by atoms with Crippen molar-refractivity contribution in [2.75, 3.05) is 12.4 Å². The smallest absolute Gasteiger partial charge is 0.337 e. The zero-order chi connectivity index (χ0) is 20.0. The van der Waals surface area contributed by atoms with Crippen molar-refractivity contribution >= 4 is 29.3 Å². The van der Waals surface area contributed by atoms with Crippen LogP contribution < -0.4 is 5.32 Å². The van der Waals surface area contributed by atoms with Gasteiger partial charge in [-0.1, -0.05) is 0 Å². The minimum Gasteiger partial charge on any atom is -0.465 e. The molecule has 0 aliphatic heterocycles. The van der Waals surface area contributed by atoms with E-state index < -0.39 is 11.7 Å². The summed E-state index contributed by atoms with van der Waals surface area (Å²) in [6, 6.07) is 6.34. The number of amides is 1. The molecular weight excluding hydrogens is 376 g/mol. The Hall–Kier alpha value is -2.55. The first-order valence-corrected chi connectivity index (χ1v) is 8.95. The third-order valence-corrected chi connectivity index (χ3v) is 4.36. The van der Waals surface area contributed by atoms with Crippen molar-refractivity contribution in [1.82, 2.24) is 9.97 Å². The number of carbonyl (C=O) groups is 2. The van der Waals surface area contributed by atoms with Crippen molar-refractivity contribution in [2.45, 2.75) is 37.6 Å². The third-order valence-electron chi connectivity index (χ3n) is 3.79. The molecule has 0 aliphatic rings.